The molecule has 92 valence electrons. The van der Waals surface area contributed by atoms with E-state index in [4.69, 9.17) is 4.65 Å². The Morgan fingerprint density at radius 1 is 1.24 bits per heavy atom. The molecule has 0 spiro atoms. The summed E-state index contributed by atoms with van der Waals surface area (Å²) in [4.78, 5) is 20.4. The summed E-state index contributed by atoms with van der Waals surface area (Å²) in [6.07, 6.45) is 2.66. The van der Waals surface area contributed by atoms with Gasteiger partial charge in [-0.05, 0) is 12.6 Å². The Morgan fingerprint density at radius 2 is 1.76 bits per heavy atom. The fraction of sp³-hybridized carbons (Fsp3) is 0.385. The first-order valence-corrected chi connectivity index (χ1v) is 5.81. The van der Waals surface area contributed by atoms with E-state index in [0.717, 1.165) is 24.5 Å². The molecule has 1 aromatic rings. The molecule has 0 aliphatic heterocycles. The fourth-order valence-corrected chi connectivity index (χ4v) is 1.22. The van der Waals surface area contributed by atoms with Crippen LogP contribution in [0, 0.1) is 0 Å². The Kier molecular flexibility index (Phi) is 8.74. The molecule has 0 radical (unpaired) electrons. The lowest BCUT2D eigenvalue weighted by Crippen LogP contribution is -2.18. The van der Waals surface area contributed by atoms with Gasteiger partial charge < -0.3 is 4.65 Å². The van der Waals surface area contributed by atoms with Crippen LogP contribution >= 0.6 is 0 Å². The number of hydrogen-bond acceptors (Lipinski definition) is 3. The van der Waals surface area contributed by atoms with Crippen molar-refractivity contribution in [2.24, 2.45) is 0 Å². The van der Waals surface area contributed by atoms with Gasteiger partial charge in [0, 0.05) is 12.5 Å². The van der Waals surface area contributed by atoms with Crippen LogP contribution < -0.4 is 0 Å². The summed E-state index contributed by atoms with van der Waals surface area (Å²) in [6, 6.07) is 9.10. The lowest BCUT2D eigenvalue weighted by Gasteiger charge is -2.06. The minimum absolute atomic E-state index is 0.127. The molecular weight excluding hydrogens is 215 g/mol. The van der Waals surface area contributed by atoms with E-state index in [9.17, 15) is 9.59 Å². The van der Waals surface area contributed by atoms with Crippen LogP contribution in [0.2, 0.25) is 12.6 Å². The Labute approximate surface area is 103 Å². The normalized spacial score (nSPS) is 8.65. The molecule has 1 rings (SSSR count). The summed E-state index contributed by atoms with van der Waals surface area (Å²) >= 11 is 0. The molecule has 0 unspecified atom stereocenters. The molecule has 0 amide bonds. The van der Waals surface area contributed by atoms with Gasteiger partial charge >= 0.3 is 6.92 Å². The third-order valence-corrected chi connectivity index (χ3v) is 2.18. The first-order valence-electron chi connectivity index (χ1n) is 5.81. The molecule has 0 saturated carbocycles. The molecule has 4 heteroatoms. The minimum atomic E-state index is -0.177. The highest BCUT2D eigenvalue weighted by Crippen LogP contribution is 1.99. The van der Waals surface area contributed by atoms with E-state index >= 15 is 0 Å². The molecule has 0 aliphatic rings. The molecule has 0 atom stereocenters. The molecule has 0 aliphatic carbocycles. The molecule has 0 N–H and O–H groups in total. The second-order valence-electron chi connectivity index (χ2n) is 3.58. The van der Waals surface area contributed by atoms with Crippen molar-refractivity contribution in [2.45, 2.75) is 33.4 Å². The van der Waals surface area contributed by atoms with E-state index < -0.39 is 0 Å². The van der Waals surface area contributed by atoms with Gasteiger partial charge in [-0.3, -0.25) is 9.59 Å². The zero-order valence-corrected chi connectivity index (χ0v) is 10.7. The number of carbonyl (C=O) groups excluding carboxylic acids is 2. The highest BCUT2D eigenvalue weighted by Gasteiger charge is 2.11. The average Bonchev–Trinajstić information content (AvgIpc) is 2.37. The largest absolute Gasteiger partial charge is 0.537 e. The van der Waals surface area contributed by atoms with Crippen LogP contribution in [-0.4, -0.2) is 19.2 Å². The molecule has 1 aromatic carbocycles. The summed E-state index contributed by atoms with van der Waals surface area (Å²) in [6.45, 7) is 5.59. The van der Waals surface area contributed by atoms with Gasteiger partial charge in [0.05, 0.1) is 0 Å². The van der Waals surface area contributed by atoms with Crippen molar-refractivity contribution in [2.75, 3.05) is 0 Å². The van der Waals surface area contributed by atoms with Crippen molar-refractivity contribution in [3.63, 3.8) is 0 Å². The van der Waals surface area contributed by atoms with Gasteiger partial charge in [0.25, 0.3) is 5.97 Å². The fourth-order valence-electron chi connectivity index (χ4n) is 1.22. The first kappa shape index (κ1) is 15.4. The van der Waals surface area contributed by atoms with Gasteiger partial charge in [0.15, 0.2) is 0 Å². The van der Waals surface area contributed by atoms with Crippen molar-refractivity contribution in [1.29, 1.82) is 0 Å². The second kappa shape index (κ2) is 9.64. The summed E-state index contributed by atoms with van der Waals surface area (Å²) < 4.78 is 4.91. The Bertz CT molecular complexity index is 321. The molecule has 0 fully saturated rings. The van der Waals surface area contributed by atoms with Crippen molar-refractivity contribution >= 4 is 19.2 Å². The quantitative estimate of drug-likeness (QED) is 0.593. The SMILES string of the molecule is CCB(CC)OC(C)=O.O=Cc1ccccc1. The molecule has 0 aromatic heterocycles. The minimum Gasteiger partial charge on any atom is -0.537 e. The van der Waals surface area contributed by atoms with Gasteiger partial charge in [-0.25, -0.2) is 0 Å². The van der Waals surface area contributed by atoms with Crippen molar-refractivity contribution in [3.05, 3.63) is 35.9 Å². The maximum Gasteiger partial charge on any atom is 0.361 e. The maximum atomic E-state index is 10.3. The lowest BCUT2D eigenvalue weighted by atomic mass is 9.63. The summed E-state index contributed by atoms with van der Waals surface area (Å²) in [5.41, 5.74) is 0.729. The number of rotatable bonds is 4. The van der Waals surface area contributed by atoms with Crippen LogP contribution in [0.5, 0.6) is 0 Å². The number of hydrogen-bond donors (Lipinski definition) is 0. The van der Waals surface area contributed by atoms with E-state index in [-0.39, 0.29) is 12.9 Å². The Hall–Kier alpha value is -1.58. The predicted molar refractivity (Wildman–Crippen MR) is 70.3 cm³/mol. The van der Waals surface area contributed by atoms with Gasteiger partial charge in [0.1, 0.15) is 6.29 Å². The molecular formula is C13H19BO3. The summed E-state index contributed by atoms with van der Waals surface area (Å²) in [5, 5.41) is 0. The van der Waals surface area contributed by atoms with Crippen LogP contribution in [0.25, 0.3) is 0 Å². The molecule has 0 heterocycles. The third kappa shape index (κ3) is 8.25. The maximum absolute atomic E-state index is 10.3. The van der Waals surface area contributed by atoms with Crippen LogP contribution in [0.4, 0.5) is 0 Å². The second-order valence-corrected chi connectivity index (χ2v) is 3.58. The van der Waals surface area contributed by atoms with E-state index in [1.165, 1.54) is 6.92 Å². The smallest absolute Gasteiger partial charge is 0.361 e. The van der Waals surface area contributed by atoms with Gasteiger partial charge in [0.2, 0.25) is 0 Å². The van der Waals surface area contributed by atoms with E-state index in [1.54, 1.807) is 12.1 Å². The van der Waals surface area contributed by atoms with Gasteiger partial charge in [-0.1, -0.05) is 44.2 Å². The molecule has 17 heavy (non-hydrogen) atoms. The van der Waals surface area contributed by atoms with Crippen LogP contribution in [0.15, 0.2) is 30.3 Å². The Morgan fingerprint density at radius 3 is 2.00 bits per heavy atom. The summed E-state index contributed by atoms with van der Waals surface area (Å²) in [5.74, 6) is -0.177. The predicted octanol–water partition coefficient (Wildman–Crippen LogP) is 3.08. The average molecular weight is 234 g/mol. The molecule has 3 nitrogen and oxygen atoms in total. The van der Waals surface area contributed by atoms with Gasteiger partial charge in [-0.2, -0.15) is 0 Å². The number of carbonyl (C=O) groups is 2. The van der Waals surface area contributed by atoms with E-state index in [0.29, 0.717) is 0 Å². The first-order chi connectivity index (χ1) is 8.13. The molecule has 0 bridgehead atoms. The Balaban J connectivity index is 0.000000302. The van der Waals surface area contributed by atoms with Crippen LogP contribution in [0.3, 0.4) is 0 Å². The molecule has 0 saturated heterocycles. The number of aldehydes is 1. The monoisotopic (exact) mass is 234 g/mol. The van der Waals surface area contributed by atoms with Crippen molar-refractivity contribution in [1.82, 2.24) is 0 Å². The summed E-state index contributed by atoms with van der Waals surface area (Å²) in [7, 11) is 0. The zero-order valence-electron chi connectivity index (χ0n) is 10.7. The van der Waals surface area contributed by atoms with E-state index in [1.807, 2.05) is 32.0 Å². The van der Waals surface area contributed by atoms with Crippen molar-refractivity contribution < 1.29 is 14.2 Å². The third-order valence-electron chi connectivity index (χ3n) is 2.18. The standard InChI is InChI=1S/C7H6O.C6H13BO2/c8-6-7-4-2-1-3-5-7;1-4-7(5-2)9-6(3)8/h1-6H;4-5H2,1-3H3. The van der Waals surface area contributed by atoms with Crippen LogP contribution in [-0.2, 0) is 9.45 Å². The van der Waals surface area contributed by atoms with Gasteiger partial charge in [-0.15, -0.1) is 0 Å². The highest BCUT2D eigenvalue weighted by molar-refractivity contribution is 6.53. The van der Waals surface area contributed by atoms with Crippen LogP contribution in [0.1, 0.15) is 31.1 Å². The zero-order chi connectivity index (χ0) is 13.1. The van der Waals surface area contributed by atoms with Crippen molar-refractivity contribution in [3.8, 4) is 0 Å². The topological polar surface area (TPSA) is 43.4 Å². The number of benzene rings is 1. The lowest BCUT2D eigenvalue weighted by molar-refractivity contribution is -0.132. The highest BCUT2D eigenvalue weighted by atomic mass is 16.5. The van der Waals surface area contributed by atoms with E-state index in [2.05, 4.69) is 0 Å².